The van der Waals surface area contributed by atoms with Gasteiger partial charge in [0, 0.05) is 25.2 Å². The number of nitrogen functional groups attached to an aromatic ring is 1. The van der Waals surface area contributed by atoms with Crippen molar-refractivity contribution in [3.05, 3.63) is 17.9 Å². The molecule has 5 nitrogen and oxygen atoms in total. The summed E-state index contributed by atoms with van der Waals surface area (Å²) in [5.74, 6) is -1.58. The summed E-state index contributed by atoms with van der Waals surface area (Å²) in [5, 5.41) is 12.9. The third kappa shape index (κ3) is 5.68. The number of hydrogen-bond donors (Lipinski definition) is 3. The Morgan fingerprint density at radius 1 is 1.43 bits per heavy atom. The number of hydrogen-bond acceptors (Lipinski definition) is 5. The minimum atomic E-state index is -3.13. The van der Waals surface area contributed by atoms with Gasteiger partial charge in [-0.15, -0.1) is 0 Å². The number of ether oxygens (including phenoxy) is 1. The maximum atomic E-state index is 13.4. The Morgan fingerprint density at radius 3 is 2.57 bits per heavy atom. The highest BCUT2D eigenvalue weighted by Gasteiger charge is 2.22. The lowest BCUT2D eigenvalue weighted by Crippen LogP contribution is -2.43. The topological polar surface area (TPSA) is 70.8 Å². The van der Waals surface area contributed by atoms with E-state index in [1.807, 2.05) is 0 Å². The van der Waals surface area contributed by atoms with Gasteiger partial charge in [-0.2, -0.15) is 8.78 Å². The van der Waals surface area contributed by atoms with E-state index in [9.17, 15) is 18.3 Å². The monoisotopic (exact) mass is 307 g/mol. The maximum Gasteiger partial charge on any atom is 0.387 e. The van der Waals surface area contributed by atoms with Gasteiger partial charge in [0.2, 0.25) is 0 Å². The first-order chi connectivity index (χ1) is 9.60. The largest absolute Gasteiger partial charge is 0.432 e. The molecular formula is C13H20F3N3O2. The number of nitrogens with two attached hydrogens (primary N) is 1. The Bertz CT molecular complexity index is 482. The minimum Gasteiger partial charge on any atom is -0.432 e. The predicted octanol–water partition coefficient (Wildman–Crippen LogP) is 1.73. The van der Waals surface area contributed by atoms with Crippen LogP contribution in [0.5, 0.6) is 5.75 Å². The van der Waals surface area contributed by atoms with Crippen molar-refractivity contribution in [2.45, 2.75) is 19.1 Å². The van der Waals surface area contributed by atoms with Crippen LogP contribution in [-0.2, 0) is 0 Å². The second kappa shape index (κ2) is 6.86. The standard InChI is InChI=1S/C13H20F3N3O2/c1-13(20,7-19(2)3)6-18-10-5-11(21-12(15)16)8(14)4-9(10)17/h4-5,12,18,20H,6-7,17H2,1-3H3. The van der Waals surface area contributed by atoms with Crippen molar-refractivity contribution in [1.29, 1.82) is 0 Å². The molecule has 0 fully saturated rings. The summed E-state index contributed by atoms with van der Waals surface area (Å²) in [5.41, 5.74) is 4.79. The molecule has 0 aliphatic heterocycles. The lowest BCUT2D eigenvalue weighted by molar-refractivity contribution is -0.0521. The number of likely N-dealkylation sites (N-methyl/N-ethyl adjacent to an activating group) is 1. The average molecular weight is 307 g/mol. The molecule has 4 N–H and O–H groups in total. The van der Waals surface area contributed by atoms with Crippen molar-refractivity contribution < 1.29 is 23.0 Å². The van der Waals surface area contributed by atoms with Crippen LogP contribution < -0.4 is 15.8 Å². The predicted molar refractivity (Wildman–Crippen MR) is 75.1 cm³/mol. The lowest BCUT2D eigenvalue weighted by Gasteiger charge is -2.28. The van der Waals surface area contributed by atoms with Gasteiger partial charge in [-0.1, -0.05) is 0 Å². The second-order valence-corrected chi connectivity index (χ2v) is 5.34. The number of benzene rings is 1. The molecule has 1 rings (SSSR count). The molecular weight excluding hydrogens is 287 g/mol. The fourth-order valence-corrected chi connectivity index (χ4v) is 1.93. The molecule has 0 heterocycles. The Morgan fingerprint density at radius 2 is 2.05 bits per heavy atom. The van der Waals surface area contributed by atoms with Gasteiger partial charge >= 0.3 is 6.61 Å². The molecule has 0 aliphatic rings. The fourth-order valence-electron chi connectivity index (χ4n) is 1.93. The molecule has 0 saturated carbocycles. The van der Waals surface area contributed by atoms with Crippen LogP contribution in [0.2, 0.25) is 0 Å². The van der Waals surface area contributed by atoms with Gasteiger partial charge in [-0.05, 0) is 21.0 Å². The quantitative estimate of drug-likeness (QED) is 0.669. The van der Waals surface area contributed by atoms with Crippen LogP contribution in [0.15, 0.2) is 12.1 Å². The fraction of sp³-hybridized carbons (Fsp3) is 0.538. The summed E-state index contributed by atoms with van der Waals surface area (Å²) in [6.45, 7) is -1.04. The van der Waals surface area contributed by atoms with E-state index in [0.717, 1.165) is 12.1 Å². The summed E-state index contributed by atoms with van der Waals surface area (Å²) in [6, 6.07) is 1.93. The highest BCUT2D eigenvalue weighted by atomic mass is 19.3. The van der Waals surface area contributed by atoms with Crippen molar-refractivity contribution in [2.24, 2.45) is 0 Å². The number of halogens is 3. The lowest BCUT2D eigenvalue weighted by atomic mass is 10.1. The van der Waals surface area contributed by atoms with E-state index in [4.69, 9.17) is 5.73 Å². The van der Waals surface area contributed by atoms with E-state index in [-0.39, 0.29) is 17.9 Å². The first-order valence-electron chi connectivity index (χ1n) is 6.25. The SMILES string of the molecule is CN(C)CC(C)(O)CNc1cc(OC(F)F)c(F)cc1N. The van der Waals surface area contributed by atoms with Crippen LogP contribution in [-0.4, -0.2) is 49.4 Å². The van der Waals surface area contributed by atoms with Crippen LogP contribution in [0, 0.1) is 5.82 Å². The van der Waals surface area contributed by atoms with Crippen LogP contribution in [0.25, 0.3) is 0 Å². The number of alkyl halides is 2. The molecule has 21 heavy (non-hydrogen) atoms. The average Bonchev–Trinajstić information content (AvgIpc) is 2.29. The summed E-state index contributed by atoms with van der Waals surface area (Å²) < 4.78 is 41.8. The summed E-state index contributed by atoms with van der Waals surface area (Å²) in [7, 11) is 3.60. The summed E-state index contributed by atoms with van der Waals surface area (Å²) in [6.07, 6.45) is 0. The molecule has 120 valence electrons. The number of nitrogens with zero attached hydrogens (tertiary/aromatic N) is 1. The van der Waals surface area contributed by atoms with E-state index in [1.165, 1.54) is 0 Å². The highest BCUT2D eigenvalue weighted by Crippen LogP contribution is 2.29. The normalized spacial score (nSPS) is 14.3. The van der Waals surface area contributed by atoms with Gasteiger partial charge < -0.3 is 25.8 Å². The van der Waals surface area contributed by atoms with Gasteiger partial charge in [-0.3, -0.25) is 0 Å². The first-order valence-corrected chi connectivity index (χ1v) is 6.25. The van der Waals surface area contributed by atoms with Gasteiger partial charge in [0.1, 0.15) is 0 Å². The zero-order valence-electron chi connectivity index (χ0n) is 12.2. The highest BCUT2D eigenvalue weighted by molar-refractivity contribution is 5.68. The van der Waals surface area contributed by atoms with Gasteiger partial charge in [0.25, 0.3) is 0 Å². The van der Waals surface area contributed by atoms with E-state index in [1.54, 1.807) is 25.9 Å². The van der Waals surface area contributed by atoms with Gasteiger partial charge in [0.15, 0.2) is 11.6 Å². The third-order valence-electron chi connectivity index (χ3n) is 2.64. The van der Waals surface area contributed by atoms with E-state index >= 15 is 0 Å². The van der Waals surface area contributed by atoms with Crippen LogP contribution in [0.3, 0.4) is 0 Å². The summed E-state index contributed by atoms with van der Waals surface area (Å²) in [4.78, 5) is 1.79. The minimum absolute atomic E-state index is 0.0368. The zero-order valence-corrected chi connectivity index (χ0v) is 12.2. The maximum absolute atomic E-state index is 13.4. The molecule has 1 aromatic carbocycles. The van der Waals surface area contributed by atoms with E-state index in [0.29, 0.717) is 6.54 Å². The van der Waals surface area contributed by atoms with E-state index in [2.05, 4.69) is 10.1 Å². The van der Waals surface area contributed by atoms with Crippen LogP contribution in [0.4, 0.5) is 24.5 Å². The molecule has 0 radical (unpaired) electrons. The van der Waals surface area contributed by atoms with Crippen molar-refractivity contribution in [3.63, 3.8) is 0 Å². The Kier molecular flexibility index (Phi) is 5.68. The Balaban J connectivity index is 2.83. The van der Waals surface area contributed by atoms with Crippen molar-refractivity contribution in [1.82, 2.24) is 4.90 Å². The van der Waals surface area contributed by atoms with Crippen LogP contribution in [0.1, 0.15) is 6.92 Å². The Labute approximate surface area is 121 Å². The second-order valence-electron chi connectivity index (χ2n) is 5.34. The van der Waals surface area contributed by atoms with Gasteiger partial charge in [0.05, 0.1) is 17.0 Å². The number of nitrogens with one attached hydrogen (secondary N) is 1. The molecule has 1 unspecified atom stereocenters. The molecule has 1 atom stereocenters. The van der Waals surface area contributed by atoms with E-state index < -0.39 is 23.8 Å². The molecule has 0 bridgehead atoms. The number of aliphatic hydroxyl groups is 1. The van der Waals surface area contributed by atoms with Crippen molar-refractivity contribution >= 4 is 11.4 Å². The molecule has 0 aliphatic carbocycles. The van der Waals surface area contributed by atoms with Gasteiger partial charge in [-0.25, -0.2) is 4.39 Å². The molecule has 0 amide bonds. The van der Waals surface area contributed by atoms with Crippen LogP contribution >= 0.6 is 0 Å². The first kappa shape index (κ1) is 17.4. The molecule has 0 aromatic heterocycles. The number of rotatable bonds is 7. The third-order valence-corrected chi connectivity index (χ3v) is 2.64. The molecule has 0 saturated heterocycles. The summed E-state index contributed by atoms with van der Waals surface area (Å²) >= 11 is 0. The molecule has 0 spiro atoms. The molecule has 1 aromatic rings. The Hall–Kier alpha value is -1.67. The van der Waals surface area contributed by atoms with Crippen molar-refractivity contribution in [2.75, 3.05) is 38.2 Å². The number of anilines is 2. The molecule has 8 heteroatoms. The zero-order chi connectivity index (χ0) is 16.2. The smallest absolute Gasteiger partial charge is 0.387 e. The van der Waals surface area contributed by atoms with Crippen molar-refractivity contribution in [3.8, 4) is 5.75 Å².